The van der Waals surface area contributed by atoms with Gasteiger partial charge in [0.1, 0.15) is 0 Å². The monoisotopic (exact) mass is 172 g/mol. The Hall–Kier alpha value is -1.20. The van der Waals surface area contributed by atoms with Gasteiger partial charge in [0.05, 0.1) is 0 Å². The van der Waals surface area contributed by atoms with Gasteiger partial charge in [0.2, 0.25) is 0 Å². The van der Waals surface area contributed by atoms with E-state index in [2.05, 4.69) is 9.97 Å². The summed E-state index contributed by atoms with van der Waals surface area (Å²) < 4.78 is 0. The van der Waals surface area contributed by atoms with E-state index >= 15 is 0 Å². The molecule has 0 saturated carbocycles. The van der Waals surface area contributed by atoms with Gasteiger partial charge in [-0.3, -0.25) is 10.2 Å². The lowest BCUT2D eigenvalue weighted by Gasteiger charge is -1.97. The average Bonchev–Trinajstić information content (AvgIpc) is 2.04. The molecule has 5 nitrogen and oxygen atoms in total. The highest BCUT2D eigenvalue weighted by Gasteiger charge is 2.09. The van der Waals surface area contributed by atoms with Crippen molar-refractivity contribution in [2.75, 3.05) is 0 Å². The molecule has 3 N–H and O–H groups in total. The third-order valence-electron chi connectivity index (χ3n) is 1.000. The maximum Gasteiger partial charge on any atom is 0.286 e. The van der Waals surface area contributed by atoms with Crippen LogP contribution in [-0.4, -0.2) is 15.9 Å². The van der Waals surface area contributed by atoms with E-state index in [9.17, 15) is 4.79 Å². The first-order valence-corrected chi connectivity index (χ1v) is 3.11. The third kappa shape index (κ3) is 1.63. The Balaban J connectivity index is 3.03. The number of amides is 1. The number of hydrogen-bond acceptors (Lipinski definition) is 4. The second kappa shape index (κ2) is 3.27. The van der Waals surface area contributed by atoms with Gasteiger partial charge in [0, 0.05) is 12.4 Å². The van der Waals surface area contributed by atoms with E-state index in [4.69, 9.17) is 17.4 Å². The molecule has 11 heavy (non-hydrogen) atoms. The predicted octanol–water partition coefficient (Wildman–Crippen LogP) is -0.267. The molecule has 1 aromatic rings. The SMILES string of the molecule is NNC(=O)c1nccnc1Cl. The summed E-state index contributed by atoms with van der Waals surface area (Å²) in [5, 5.41) is 0.0375. The van der Waals surface area contributed by atoms with Gasteiger partial charge < -0.3 is 0 Å². The molecule has 1 heterocycles. The summed E-state index contributed by atoms with van der Waals surface area (Å²) in [6.45, 7) is 0. The van der Waals surface area contributed by atoms with Gasteiger partial charge in [-0.15, -0.1) is 0 Å². The minimum Gasteiger partial charge on any atom is -0.289 e. The minimum atomic E-state index is -0.553. The summed E-state index contributed by atoms with van der Waals surface area (Å²) in [6.07, 6.45) is 2.74. The molecule has 0 aliphatic carbocycles. The van der Waals surface area contributed by atoms with Crippen LogP contribution in [0.3, 0.4) is 0 Å². The van der Waals surface area contributed by atoms with Crippen LogP contribution in [0.4, 0.5) is 0 Å². The smallest absolute Gasteiger partial charge is 0.286 e. The molecule has 0 aliphatic heterocycles. The van der Waals surface area contributed by atoms with E-state index < -0.39 is 5.91 Å². The second-order valence-electron chi connectivity index (χ2n) is 1.67. The molecule has 6 heteroatoms. The summed E-state index contributed by atoms with van der Waals surface area (Å²) in [7, 11) is 0. The normalized spacial score (nSPS) is 9.27. The van der Waals surface area contributed by atoms with Crippen molar-refractivity contribution < 1.29 is 4.79 Å². The van der Waals surface area contributed by atoms with Crippen LogP contribution < -0.4 is 11.3 Å². The zero-order chi connectivity index (χ0) is 8.27. The van der Waals surface area contributed by atoms with Gasteiger partial charge in [0.15, 0.2) is 10.8 Å². The summed E-state index contributed by atoms with van der Waals surface area (Å²) in [5.74, 6) is 4.29. The Morgan fingerprint density at radius 3 is 2.73 bits per heavy atom. The van der Waals surface area contributed by atoms with E-state index in [1.165, 1.54) is 12.4 Å². The zero-order valence-electron chi connectivity index (χ0n) is 5.41. The molecule has 0 bridgehead atoms. The average molecular weight is 173 g/mol. The fourth-order valence-corrected chi connectivity index (χ4v) is 0.733. The maximum atomic E-state index is 10.8. The van der Waals surface area contributed by atoms with Crippen LogP contribution in [-0.2, 0) is 0 Å². The first-order valence-electron chi connectivity index (χ1n) is 2.73. The van der Waals surface area contributed by atoms with Crippen molar-refractivity contribution in [2.24, 2.45) is 5.84 Å². The van der Waals surface area contributed by atoms with Crippen molar-refractivity contribution in [1.29, 1.82) is 0 Å². The number of carbonyl (C=O) groups is 1. The fourth-order valence-electron chi connectivity index (χ4n) is 0.542. The topological polar surface area (TPSA) is 80.9 Å². The van der Waals surface area contributed by atoms with E-state index in [0.29, 0.717) is 0 Å². The Kier molecular flexibility index (Phi) is 2.35. The van der Waals surface area contributed by atoms with E-state index in [1.807, 2.05) is 5.43 Å². The Bertz CT molecular complexity index is 277. The van der Waals surface area contributed by atoms with Gasteiger partial charge in [-0.1, -0.05) is 11.6 Å². The third-order valence-corrected chi connectivity index (χ3v) is 1.28. The first kappa shape index (κ1) is 7.90. The zero-order valence-corrected chi connectivity index (χ0v) is 6.17. The van der Waals surface area contributed by atoms with Crippen molar-refractivity contribution in [3.63, 3.8) is 0 Å². The van der Waals surface area contributed by atoms with Crippen molar-refractivity contribution in [3.8, 4) is 0 Å². The summed E-state index contributed by atoms with van der Waals surface area (Å²) >= 11 is 5.51. The van der Waals surface area contributed by atoms with Crippen LogP contribution in [0.15, 0.2) is 12.4 Å². The molecule has 0 spiro atoms. The van der Waals surface area contributed by atoms with E-state index in [-0.39, 0.29) is 10.8 Å². The lowest BCUT2D eigenvalue weighted by molar-refractivity contribution is 0.0948. The number of nitrogen functional groups attached to an aromatic ring is 1. The Morgan fingerprint density at radius 1 is 1.55 bits per heavy atom. The highest BCUT2D eigenvalue weighted by atomic mass is 35.5. The molecule has 0 aliphatic rings. The fraction of sp³-hybridized carbons (Fsp3) is 0. The quantitative estimate of drug-likeness (QED) is 0.347. The van der Waals surface area contributed by atoms with E-state index in [0.717, 1.165) is 0 Å². The number of nitrogens with two attached hydrogens (primary N) is 1. The number of halogens is 1. The molecule has 0 fully saturated rings. The molecule has 0 saturated heterocycles. The number of nitrogens with zero attached hydrogens (tertiary/aromatic N) is 2. The molecular formula is C5H5ClN4O. The lowest BCUT2D eigenvalue weighted by Crippen LogP contribution is -2.31. The Labute approximate surface area is 67.6 Å². The molecule has 0 unspecified atom stereocenters. The van der Waals surface area contributed by atoms with Crippen molar-refractivity contribution >= 4 is 17.5 Å². The molecule has 1 rings (SSSR count). The minimum absolute atomic E-state index is 0.0247. The van der Waals surface area contributed by atoms with Crippen molar-refractivity contribution in [2.45, 2.75) is 0 Å². The van der Waals surface area contributed by atoms with Crippen LogP contribution in [0, 0.1) is 0 Å². The first-order chi connectivity index (χ1) is 5.25. The highest BCUT2D eigenvalue weighted by Crippen LogP contribution is 2.06. The number of aromatic nitrogens is 2. The van der Waals surface area contributed by atoms with E-state index in [1.54, 1.807) is 0 Å². The van der Waals surface area contributed by atoms with Gasteiger partial charge in [0.25, 0.3) is 5.91 Å². The highest BCUT2D eigenvalue weighted by molar-refractivity contribution is 6.32. The Morgan fingerprint density at radius 2 is 2.18 bits per heavy atom. The van der Waals surface area contributed by atoms with Crippen LogP contribution in [0.25, 0.3) is 0 Å². The molecule has 0 aromatic carbocycles. The van der Waals surface area contributed by atoms with Crippen LogP contribution >= 0.6 is 11.6 Å². The molecule has 0 atom stereocenters. The largest absolute Gasteiger partial charge is 0.289 e. The van der Waals surface area contributed by atoms with Crippen LogP contribution in [0.2, 0.25) is 5.15 Å². The summed E-state index contributed by atoms with van der Waals surface area (Å²) in [6, 6.07) is 0. The van der Waals surface area contributed by atoms with Gasteiger partial charge in [-0.05, 0) is 0 Å². The lowest BCUT2D eigenvalue weighted by atomic mass is 10.4. The number of rotatable bonds is 1. The van der Waals surface area contributed by atoms with Crippen LogP contribution in [0.1, 0.15) is 10.5 Å². The molecule has 1 amide bonds. The van der Waals surface area contributed by atoms with Crippen molar-refractivity contribution in [1.82, 2.24) is 15.4 Å². The molecule has 0 radical (unpaired) electrons. The number of hydrazine groups is 1. The van der Waals surface area contributed by atoms with Crippen molar-refractivity contribution in [3.05, 3.63) is 23.2 Å². The molecule has 58 valence electrons. The number of hydrogen-bond donors (Lipinski definition) is 2. The summed E-state index contributed by atoms with van der Waals surface area (Å²) in [5.41, 5.74) is 1.92. The number of carbonyl (C=O) groups excluding carboxylic acids is 1. The maximum absolute atomic E-state index is 10.8. The summed E-state index contributed by atoms with van der Waals surface area (Å²) in [4.78, 5) is 18.1. The van der Waals surface area contributed by atoms with Crippen LogP contribution in [0.5, 0.6) is 0 Å². The van der Waals surface area contributed by atoms with Gasteiger partial charge in [-0.2, -0.15) is 0 Å². The predicted molar refractivity (Wildman–Crippen MR) is 38.7 cm³/mol. The standard InChI is InChI=1S/C5H5ClN4O/c6-4-3(5(11)10-7)8-1-2-9-4/h1-2H,7H2,(H,10,11). The molecule has 1 aromatic heterocycles. The number of nitrogens with one attached hydrogen (secondary N) is 1. The second-order valence-corrected chi connectivity index (χ2v) is 2.03. The van der Waals surface area contributed by atoms with Gasteiger partial charge in [-0.25, -0.2) is 15.8 Å². The molecular weight excluding hydrogens is 168 g/mol. The van der Waals surface area contributed by atoms with Gasteiger partial charge >= 0.3 is 0 Å².